The molecule has 0 spiro atoms. The zero-order valence-electron chi connectivity index (χ0n) is 15.3. The predicted octanol–water partition coefficient (Wildman–Crippen LogP) is 4.19. The summed E-state index contributed by atoms with van der Waals surface area (Å²) in [7, 11) is 0. The van der Waals surface area contributed by atoms with Crippen molar-refractivity contribution in [2.45, 2.75) is 6.54 Å². The minimum Gasteiger partial charge on any atom is -0.468 e. The number of hydrogen-bond acceptors (Lipinski definition) is 5. The smallest absolute Gasteiger partial charge is 0.255 e. The van der Waals surface area contributed by atoms with E-state index in [4.69, 9.17) is 9.15 Å². The maximum Gasteiger partial charge on any atom is 0.255 e. The molecule has 3 aromatic rings. The van der Waals surface area contributed by atoms with Gasteiger partial charge in [-0.25, -0.2) is 4.98 Å². The van der Waals surface area contributed by atoms with Crippen molar-refractivity contribution in [2.75, 3.05) is 26.2 Å². The number of benzene rings is 1. The fourth-order valence-electron chi connectivity index (χ4n) is 3.13. The number of carbonyl (C=O) groups excluding carboxylic acids is 1. The van der Waals surface area contributed by atoms with Crippen LogP contribution in [-0.4, -0.2) is 46.9 Å². The van der Waals surface area contributed by atoms with Gasteiger partial charge in [-0.2, -0.15) is 0 Å². The van der Waals surface area contributed by atoms with Gasteiger partial charge in [0.05, 0.1) is 18.4 Å². The topological polar surface area (TPSA) is 58.8 Å². The number of piperazine rings is 1. The van der Waals surface area contributed by atoms with Crippen molar-refractivity contribution in [2.24, 2.45) is 0 Å². The van der Waals surface area contributed by atoms with Crippen LogP contribution in [0.5, 0.6) is 11.6 Å². The Labute approximate surface area is 171 Å². The molecule has 0 atom stereocenters. The highest BCUT2D eigenvalue weighted by Gasteiger charge is 2.22. The van der Waals surface area contributed by atoms with Gasteiger partial charge in [0.25, 0.3) is 5.91 Å². The van der Waals surface area contributed by atoms with Gasteiger partial charge in [0.15, 0.2) is 0 Å². The fraction of sp³-hybridized carbons (Fsp3) is 0.238. The van der Waals surface area contributed by atoms with Crippen LogP contribution in [0.2, 0.25) is 0 Å². The van der Waals surface area contributed by atoms with Crippen LogP contribution in [0.3, 0.4) is 0 Å². The Morgan fingerprint density at radius 2 is 1.96 bits per heavy atom. The standard InChI is InChI=1S/C21H20BrN3O3/c22-17-3-1-4-18(13-17)28-20-7-6-16(14-23-20)21(26)25-10-8-24(9-11-25)15-19-5-2-12-27-19/h1-7,12-14H,8-11,15H2. The quantitative estimate of drug-likeness (QED) is 0.593. The highest BCUT2D eigenvalue weighted by molar-refractivity contribution is 9.10. The second-order valence-electron chi connectivity index (χ2n) is 6.59. The third kappa shape index (κ3) is 4.61. The van der Waals surface area contributed by atoms with Crippen LogP contribution in [0.4, 0.5) is 0 Å². The van der Waals surface area contributed by atoms with Gasteiger partial charge in [0.1, 0.15) is 11.5 Å². The molecule has 0 bridgehead atoms. The molecule has 1 amide bonds. The van der Waals surface area contributed by atoms with E-state index in [0.717, 1.165) is 29.9 Å². The van der Waals surface area contributed by atoms with E-state index in [1.165, 1.54) is 0 Å². The summed E-state index contributed by atoms with van der Waals surface area (Å²) in [5.74, 6) is 2.09. The molecule has 7 heteroatoms. The summed E-state index contributed by atoms with van der Waals surface area (Å²) in [4.78, 5) is 21.2. The Bertz CT molecular complexity index is 920. The first-order chi connectivity index (χ1) is 13.7. The number of carbonyl (C=O) groups is 1. The minimum absolute atomic E-state index is 0.000783. The van der Waals surface area contributed by atoms with E-state index in [1.54, 1.807) is 24.6 Å². The van der Waals surface area contributed by atoms with Crippen molar-refractivity contribution in [1.82, 2.24) is 14.8 Å². The molecule has 1 aliphatic heterocycles. The minimum atomic E-state index is -0.000783. The number of hydrogen-bond donors (Lipinski definition) is 0. The van der Waals surface area contributed by atoms with Crippen molar-refractivity contribution >= 4 is 21.8 Å². The molecule has 0 unspecified atom stereocenters. The van der Waals surface area contributed by atoms with Crippen LogP contribution >= 0.6 is 15.9 Å². The largest absolute Gasteiger partial charge is 0.468 e. The highest BCUT2D eigenvalue weighted by Crippen LogP contribution is 2.23. The van der Waals surface area contributed by atoms with Gasteiger partial charge in [-0.3, -0.25) is 9.69 Å². The van der Waals surface area contributed by atoms with Crippen LogP contribution in [0, 0.1) is 0 Å². The van der Waals surface area contributed by atoms with Gasteiger partial charge in [-0.1, -0.05) is 22.0 Å². The maximum atomic E-state index is 12.7. The van der Waals surface area contributed by atoms with Crippen molar-refractivity contribution in [3.05, 3.63) is 76.8 Å². The number of aromatic nitrogens is 1. The first-order valence-corrected chi connectivity index (χ1v) is 9.90. The summed E-state index contributed by atoms with van der Waals surface area (Å²) < 4.78 is 12.1. The lowest BCUT2D eigenvalue weighted by Crippen LogP contribution is -2.48. The number of rotatable bonds is 5. The lowest BCUT2D eigenvalue weighted by Gasteiger charge is -2.34. The number of pyridine rings is 1. The fourth-order valence-corrected chi connectivity index (χ4v) is 3.51. The van der Waals surface area contributed by atoms with Crippen LogP contribution in [0.1, 0.15) is 16.1 Å². The highest BCUT2D eigenvalue weighted by atomic mass is 79.9. The van der Waals surface area contributed by atoms with E-state index in [2.05, 4.69) is 25.8 Å². The Kier molecular flexibility index (Phi) is 5.73. The molecule has 2 aromatic heterocycles. The van der Waals surface area contributed by atoms with E-state index in [1.807, 2.05) is 41.3 Å². The Balaban J connectivity index is 1.32. The molecule has 4 rings (SSSR count). The van der Waals surface area contributed by atoms with Crippen LogP contribution in [-0.2, 0) is 6.54 Å². The molecule has 0 radical (unpaired) electrons. The molecule has 1 fully saturated rings. The van der Waals surface area contributed by atoms with Crippen LogP contribution in [0.15, 0.2) is 69.9 Å². The van der Waals surface area contributed by atoms with Crippen molar-refractivity contribution in [1.29, 1.82) is 0 Å². The van der Waals surface area contributed by atoms with Gasteiger partial charge in [0, 0.05) is 42.9 Å². The molecule has 1 aromatic carbocycles. The number of ether oxygens (including phenoxy) is 1. The van der Waals surface area contributed by atoms with Gasteiger partial charge in [0.2, 0.25) is 5.88 Å². The van der Waals surface area contributed by atoms with Gasteiger partial charge < -0.3 is 14.1 Å². The molecule has 0 N–H and O–H groups in total. The molecule has 144 valence electrons. The first-order valence-electron chi connectivity index (χ1n) is 9.11. The summed E-state index contributed by atoms with van der Waals surface area (Å²) in [6.07, 6.45) is 3.26. The summed E-state index contributed by atoms with van der Waals surface area (Å²) in [5, 5.41) is 0. The summed E-state index contributed by atoms with van der Waals surface area (Å²) in [5.41, 5.74) is 0.570. The summed E-state index contributed by atoms with van der Waals surface area (Å²) in [6.45, 7) is 3.80. The first kappa shape index (κ1) is 18.7. The Morgan fingerprint density at radius 1 is 1.11 bits per heavy atom. The van der Waals surface area contributed by atoms with E-state index in [9.17, 15) is 4.79 Å². The van der Waals surface area contributed by atoms with E-state index in [-0.39, 0.29) is 5.91 Å². The van der Waals surface area contributed by atoms with E-state index >= 15 is 0 Å². The summed E-state index contributed by atoms with van der Waals surface area (Å²) in [6, 6.07) is 14.9. The summed E-state index contributed by atoms with van der Waals surface area (Å²) >= 11 is 3.41. The zero-order valence-corrected chi connectivity index (χ0v) is 16.8. The predicted molar refractivity (Wildman–Crippen MR) is 108 cm³/mol. The number of amides is 1. The van der Waals surface area contributed by atoms with Crippen LogP contribution < -0.4 is 4.74 Å². The van der Waals surface area contributed by atoms with E-state index in [0.29, 0.717) is 30.3 Å². The van der Waals surface area contributed by atoms with Gasteiger partial charge in [-0.05, 0) is 36.4 Å². The monoisotopic (exact) mass is 441 g/mol. The molecule has 0 aliphatic carbocycles. The normalized spacial score (nSPS) is 14.8. The lowest BCUT2D eigenvalue weighted by molar-refractivity contribution is 0.0620. The average molecular weight is 442 g/mol. The Hall–Kier alpha value is -2.64. The average Bonchev–Trinajstić information content (AvgIpc) is 3.22. The maximum absolute atomic E-state index is 12.7. The van der Waals surface area contributed by atoms with E-state index < -0.39 is 0 Å². The van der Waals surface area contributed by atoms with Gasteiger partial charge >= 0.3 is 0 Å². The van der Waals surface area contributed by atoms with Crippen molar-refractivity contribution in [3.8, 4) is 11.6 Å². The molecular formula is C21H20BrN3O3. The SMILES string of the molecule is O=C(c1ccc(Oc2cccc(Br)c2)nc1)N1CCN(Cc2ccco2)CC1. The molecule has 1 aliphatic rings. The van der Waals surface area contributed by atoms with Crippen molar-refractivity contribution < 1.29 is 13.9 Å². The third-order valence-electron chi connectivity index (χ3n) is 4.62. The second-order valence-corrected chi connectivity index (χ2v) is 7.51. The second kappa shape index (κ2) is 8.58. The van der Waals surface area contributed by atoms with Crippen LogP contribution in [0.25, 0.3) is 0 Å². The molecule has 0 saturated carbocycles. The third-order valence-corrected chi connectivity index (χ3v) is 5.11. The Morgan fingerprint density at radius 3 is 2.64 bits per heavy atom. The lowest BCUT2D eigenvalue weighted by atomic mass is 10.2. The molecular weight excluding hydrogens is 422 g/mol. The molecule has 6 nitrogen and oxygen atoms in total. The van der Waals surface area contributed by atoms with Crippen molar-refractivity contribution in [3.63, 3.8) is 0 Å². The zero-order chi connectivity index (χ0) is 19.3. The van der Waals surface area contributed by atoms with Gasteiger partial charge in [-0.15, -0.1) is 0 Å². The number of furan rings is 1. The molecule has 28 heavy (non-hydrogen) atoms. The number of nitrogens with zero attached hydrogens (tertiary/aromatic N) is 3. The molecule has 1 saturated heterocycles. The number of halogens is 1. The molecule has 3 heterocycles.